The minimum absolute atomic E-state index is 0.576. The first-order valence-corrected chi connectivity index (χ1v) is 7.77. The second-order valence-corrected chi connectivity index (χ2v) is 6.54. The van der Waals surface area contributed by atoms with E-state index in [1.54, 1.807) is 0 Å². The first-order valence-electron chi connectivity index (χ1n) is 7.39. The lowest BCUT2D eigenvalue weighted by Crippen LogP contribution is -2.25. The molecule has 0 aliphatic heterocycles. The Kier molecular flexibility index (Phi) is 3.88. The van der Waals surface area contributed by atoms with Crippen molar-refractivity contribution in [3.63, 3.8) is 0 Å². The van der Waals surface area contributed by atoms with E-state index < -0.39 is 0 Å². The Hall–Kier alpha value is -0.890. The summed E-state index contributed by atoms with van der Waals surface area (Å²) >= 11 is 5.80. The lowest BCUT2D eigenvalue weighted by Gasteiger charge is -2.30. The summed E-state index contributed by atoms with van der Waals surface area (Å²) in [7, 11) is 0. The minimum Gasteiger partial charge on any atom is -0.310 e. The Labute approximate surface area is 120 Å². The molecule has 3 rings (SSSR count). The van der Waals surface area contributed by atoms with Crippen LogP contribution < -0.4 is 0 Å². The first-order chi connectivity index (χ1) is 9.22. The third-order valence-electron chi connectivity index (χ3n) is 4.93. The monoisotopic (exact) mass is 276 g/mol. The highest BCUT2D eigenvalue weighted by molar-refractivity contribution is 6.29. The molecule has 19 heavy (non-hydrogen) atoms. The van der Waals surface area contributed by atoms with E-state index in [0.717, 1.165) is 42.7 Å². The van der Waals surface area contributed by atoms with Gasteiger partial charge in [-0.1, -0.05) is 17.7 Å². The van der Waals surface area contributed by atoms with E-state index >= 15 is 0 Å². The van der Waals surface area contributed by atoms with Gasteiger partial charge in [-0.2, -0.15) is 0 Å². The van der Waals surface area contributed by atoms with Crippen molar-refractivity contribution in [1.29, 1.82) is 5.41 Å². The Balaban J connectivity index is 1.50. The standard InChI is InChI=1S/C16H21ClN2/c17-16-7-4-11(10-19-16)2-1-3-15-12-5-6-13(15)9-14(18)8-12/h4,7,10,12-13,15,18H,1-3,5-6,8-9H2. The van der Waals surface area contributed by atoms with Gasteiger partial charge in [-0.15, -0.1) is 0 Å². The van der Waals surface area contributed by atoms with Crippen molar-refractivity contribution in [2.24, 2.45) is 17.8 Å². The van der Waals surface area contributed by atoms with Gasteiger partial charge < -0.3 is 5.41 Å². The number of nitrogens with one attached hydrogen (secondary N) is 1. The highest BCUT2D eigenvalue weighted by atomic mass is 35.5. The van der Waals surface area contributed by atoms with Crippen molar-refractivity contribution in [2.75, 3.05) is 0 Å². The predicted octanol–water partition coefficient (Wildman–Crippen LogP) is 4.51. The molecule has 0 amide bonds. The molecule has 2 aliphatic carbocycles. The van der Waals surface area contributed by atoms with Crippen molar-refractivity contribution in [3.05, 3.63) is 29.0 Å². The molecule has 2 bridgehead atoms. The fourth-order valence-electron chi connectivity index (χ4n) is 4.03. The van der Waals surface area contributed by atoms with Gasteiger partial charge in [-0.3, -0.25) is 0 Å². The van der Waals surface area contributed by atoms with Crippen LogP contribution in [-0.4, -0.2) is 10.7 Å². The number of halogens is 1. The van der Waals surface area contributed by atoms with Crippen LogP contribution in [0.3, 0.4) is 0 Å². The van der Waals surface area contributed by atoms with Crippen molar-refractivity contribution in [1.82, 2.24) is 4.98 Å². The van der Waals surface area contributed by atoms with Gasteiger partial charge in [0.15, 0.2) is 0 Å². The molecule has 2 nitrogen and oxygen atoms in total. The molecular formula is C16H21ClN2. The van der Waals surface area contributed by atoms with Gasteiger partial charge in [0.05, 0.1) is 0 Å². The normalized spacial score (nSPS) is 29.7. The quantitative estimate of drug-likeness (QED) is 0.807. The first kappa shape index (κ1) is 13.1. The summed E-state index contributed by atoms with van der Waals surface area (Å²) in [4.78, 5) is 4.13. The zero-order valence-electron chi connectivity index (χ0n) is 11.2. The molecule has 2 fully saturated rings. The van der Waals surface area contributed by atoms with Crippen LogP contribution in [0.15, 0.2) is 18.3 Å². The van der Waals surface area contributed by atoms with Crippen LogP contribution in [0.4, 0.5) is 0 Å². The molecule has 2 atom stereocenters. The maximum atomic E-state index is 7.89. The van der Waals surface area contributed by atoms with Crippen molar-refractivity contribution in [2.45, 2.75) is 44.9 Å². The van der Waals surface area contributed by atoms with Crippen molar-refractivity contribution >= 4 is 17.3 Å². The molecular weight excluding hydrogens is 256 g/mol. The summed E-state index contributed by atoms with van der Waals surface area (Å²) in [5.74, 6) is 2.51. The van der Waals surface area contributed by atoms with Crippen LogP contribution in [-0.2, 0) is 6.42 Å². The minimum atomic E-state index is 0.576. The number of aromatic nitrogens is 1. The van der Waals surface area contributed by atoms with Gasteiger partial charge in [0.2, 0.25) is 0 Å². The van der Waals surface area contributed by atoms with Gasteiger partial charge in [0.25, 0.3) is 0 Å². The van der Waals surface area contributed by atoms with Crippen LogP contribution in [0.1, 0.15) is 44.1 Å². The van der Waals surface area contributed by atoms with Crippen LogP contribution in [0.5, 0.6) is 0 Å². The Morgan fingerprint density at radius 1 is 1.21 bits per heavy atom. The van der Waals surface area contributed by atoms with Crippen LogP contribution in [0, 0.1) is 23.2 Å². The molecule has 0 radical (unpaired) electrons. The molecule has 1 aromatic heterocycles. The average molecular weight is 277 g/mol. The van der Waals surface area contributed by atoms with Crippen LogP contribution in [0.2, 0.25) is 5.15 Å². The maximum Gasteiger partial charge on any atom is 0.129 e. The molecule has 0 spiro atoms. The van der Waals surface area contributed by atoms with Crippen molar-refractivity contribution in [3.8, 4) is 0 Å². The van der Waals surface area contributed by atoms with Gasteiger partial charge in [-0.25, -0.2) is 4.98 Å². The molecule has 3 heteroatoms. The number of aryl methyl sites for hydroxylation is 1. The molecule has 2 aliphatic rings. The summed E-state index contributed by atoms with van der Waals surface area (Å²) in [5.41, 5.74) is 2.30. The van der Waals surface area contributed by atoms with E-state index in [-0.39, 0.29) is 0 Å². The van der Waals surface area contributed by atoms with Gasteiger partial charge in [0, 0.05) is 11.9 Å². The number of hydrogen-bond donors (Lipinski definition) is 1. The van der Waals surface area contributed by atoms with Gasteiger partial charge >= 0.3 is 0 Å². The van der Waals surface area contributed by atoms with Crippen LogP contribution in [0.25, 0.3) is 0 Å². The van der Waals surface area contributed by atoms with E-state index in [2.05, 4.69) is 11.1 Å². The number of pyridine rings is 1. The van der Waals surface area contributed by atoms with E-state index in [0.29, 0.717) is 5.15 Å². The highest BCUT2D eigenvalue weighted by Crippen LogP contribution is 2.47. The molecule has 1 aromatic rings. The summed E-state index contributed by atoms with van der Waals surface area (Å²) in [6.45, 7) is 0. The summed E-state index contributed by atoms with van der Waals surface area (Å²) < 4.78 is 0. The lowest BCUT2D eigenvalue weighted by atomic mass is 9.75. The molecule has 0 saturated heterocycles. The Morgan fingerprint density at radius 2 is 1.95 bits per heavy atom. The summed E-state index contributed by atoms with van der Waals surface area (Å²) in [5, 5.41) is 8.47. The lowest BCUT2D eigenvalue weighted by molar-refractivity contribution is 0.273. The maximum absolute atomic E-state index is 7.89. The number of nitrogens with zero attached hydrogens (tertiary/aromatic N) is 1. The largest absolute Gasteiger partial charge is 0.310 e. The van der Waals surface area contributed by atoms with E-state index in [1.807, 2.05) is 12.3 Å². The molecule has 1 heterocycles. The van der Waals surface area contributed by atoms with Gasteiger partial charge in [0.1, 0.15) is 5.15 Å². The summed E-state index contributed by atoms with van der Waals surface area (Å²) in [6.07, 6.45) is 10.4. The topological polar surface area (TPSA) is 36.7 Å². The third kappa shape index (κ3) is 3.00. The second kappa shape index (κ2) is 5.62. The third-order valence-corrected chi connectivity index (χ3v) is 5.15. The highest BCUT2D eigenvalue weighted by Gasteiger charge is 2.39. The second-order valence-electron chi connectivity index (χ2n) is 6.15. The fourth-order valence-corrected chi connectivity index (χ4v) is 4.14. The number of fused-ring (bicyclic) bond motifs is 2. The Bertz CT molecular complexity index is 438. The SMILES string of the molecule is N=C1CC2CCC(C1)C2CCCc1ccc(Cl)nc1. The van der Waals surface area contributed by atoms with E-state index in [4.69, 9.17) is 17.0 Å². The fraction of sp³-hybridized carbons (Fsp3) is 0.625. The Morgan fingerprint density at radius 3 is 2.58 bits per heavy atom. The zero-order chi connectivity index (χ0) is 13.2. The van der Waals surface area contributed by atoms with E-state index in [1.165, 1.54) is 31.2 Å². The molecule has 2 unspecified atom stereocenters. The molecule has 1 N–H and O–H groups in total. The number of hydrogen-bond acceptors (Lipinski definition) is 2. The predicted molar refractivity (Wildman–Crippen MR) is 78.8 cm³/mol. The van der Waals surface area contributed by atoms with Gasteiger partial charge in [-0.05, 0) is 74.3 Å². The molecule has 102 valence electrons. The smallest absolute Gasteiger partial charge is 0.129 e. The van der Waals surface area contributed by atoms with Crippen molar-refractivity contribution < 1.29 is 0 Å². The summed E-state index contributed by atoms with van der Waals surface area (Å²) in [6, 6.07) is 3.96. The van der Waals surface area contributed by atoms with E-state index in [9.17, 15) is 0 Å². The average Bonchev–Trinajstić information content (AvgIpc) is 2.64. The molecule has 2 saturated carbocycles. The zero-order valence-corrected chi connectivity index (χ0v) is 12.0. The number of rotatable bonds is 4. The van der Waals surface area contributed by atoms with Crippen LogP contribution >= 0.6 is 11.6 Å². The molecule has 0 aromatic carbocycles.